The Labute approximate surface area is 183 Å². The highest BCUT2D eigenvalue weighted by molar-refractivity contribution is 6.30. The van der Waals surface area contributed by atoms with Gasteiger partial charge in [-0.1, -0.05) is 17.7 Å². The Hall–Kier alpha value is -3.45. The summed E-state index contributed by atoms with van der Waals surface area (Å²) in [6.45, 7) is 0. The van der Waals surface area contributed by atoms with Crippen LogP contribution < -0.4 is 9.47 Å². The monoisotopic (exact) mass is 434 g/mol. The molecule has 0 spiro atoms. The van der Waals surface area contributed by atoms with Crippen molar-refractivity contribution in [2.45, 2.75) is 18.8 Å². The van der Waals surface area contributed by atoms with Crippen LogP contribution in [-0.2, 0) is 6.42 Å². The minimum atomic E-state index is -0.0329. The number of rotatable bonds is 4. The van der Waals surface area contributed by atoms with Crippen LogP contribution in [0.3, 0.4) is 0 Å². The summed E-state index contributed by atoms with van der Waals surface area (Å²) < 4.78 is 12.4. The molecule has 5 rings (SSSR count). The van der Waals surface area contributed by atoms with Crippen LogP contribution in [0.5, 0.6) is 11.5 Å². The van der Waals surface area contributed by atoms with E-state index in [0.29, 0.717) is 46.5 Å². The third-order valence-electron chi connectivity index (χ3n) is 5.57. The first-order valence-electron chi connectivity index (χ1n) is 9.83. The van der Waals surface area contributed by atoms with Crippen molar-refractivity contribution in [1.82, 2.24) is 19.6 Å². The van der Waals surface area contributed by atoms with Crippen molar-refractivity contribution in [3.8, 4) is 22.9 Å². The van der Waals surface area contributed by atoms with Crippen LogP contribution in [0.4, 0.5) is 0 Å². The van der Waals surface area contributed by atoms with Gasteiger partial charge in [-0.3, -0.25) is 4.79 Å². The van der Waals surface area contributed by atoms with E-state index in [-0.39, 0.29) is 11.7 Å². The fraction of sp³-hybridized carbons (Fsp3) is 0.217. The molecule has 0 amide bonds. The summed E-state index contributed by atoms with van der Waals surface area (Å²) in [5.74, 6) is 2.40. The Balaban J connectivity index is 1.52. The van der Waals surface area contributed by atoms with E-state index < -0.39 is 0 Å². The maximum absolute atomic E-state index is 13.0. The molecule has 0 radical (unpaired) electrons. The molecule has 2 heterocycles. The molecule has 2 aromatic carbocycles. The topological polar surface area (TPSA) is 78.6 Å². The van der Waals surface area contributed by atoms with Gasteiger partial charge in [0.25, 0.3) is 5.78 Å². The van der Waals surface area contributed by atoms with Crippen molar-refractivity contribution < 1.29 is 14.3 Å². The number of fused-ring (bicyclic) bond motifs is 2. The molecule has 0 fully saturated rings. The third kappa shape index (κ3) is 3.51. The maximum atomic E-state index is 13.0. The number of hydrogen-bond donors (Lipinski definition) is 0. The van der Waals surface area contributed by atoms with E-state index in [9.17, 15) is 4.79 Å². The molecule has 1 aliphatic carbocycles. The zero-order chi connectivity index (χ0) is 21.5. The number of aromatic nitrogens is 4. The molecule has 0 saturated heterocycles. The summed E-state index contributed by atoms with van der Waals surface area (Å²) >= 11 is 5.97. The minimum absolute atomic E-state index is 0.0297. The molecule has 0 bridgehead atoms. The second kappa shape index (κ2) is 7.67. The highest BCUT2D eigenvalue weighted by atomic mass is 35.5. The number of methoxy groups -OCH3 is 2. The molecule has 0 N–H and O–H groups in total. The zero-order valence-corrected chi connectivity index (χ0v) is 17.8. The van der Waals surface area contributed by atoms with Gasteiger partial charge in [-0.15, -0.1) is 5.10 Å². The molecule has 7 nitrogen and oxygen atoms in total. The fourth-order valence-corrected chi connectivity index (χ4v) is 4.11. The lowest BCUT2D eigenvalue weighted by Gasteiger charge is -2.24. The minimum Gasteiger partial charge on any atom is -0.497 e. The van der Waals surface area contributed by atoms with Crippen molar-refractivity contribution >= 4 is 23.2 Å². The fourth-order valence-electron chi connectivity index (χ4n) is 3.98. The number of Topliss-reactive ketones (excluding diaryl/α,β-unsaturated/α-hetero) is 1. The van der Waals surface area contributed by atoms with Crippen molar-refractivity contribution in [3.05, 3.63) is 70.5 Å². The van der Waals surface area contributed by atoms with Crippen LogP contribution in [0.2, 0.25) is 5.02 Å². The van der Waals surface area contributed by atoms with Crippen LogP contribution >= 0.6 is 11.6 Å². The molecule has 0 unspecified atom stereocenters. The van der Waals surface area contributed by atoms with E-state index in [1.807, 2.05) is 30.3 Å². The van der Waals surface area contributed by atoms with E-state index in [0.717, 1.165) is 16.8 Å². The predicted molar refractivity (Wildman–Crippen MR) is 116 cm³/mol. The highest BCUT2D eigenvalue weighted by Gasteiger charge is 2.30. The number of carbonyl (C=O) groups is 1. The van der Waals surface area contributed by atoms with Gasteiger partial charge < -0.3 is 9.47 Å². The lowest BCUT2D eigenvalue weighted by molar-refractivity contribution is 0.0962. The SMILES string of the molecule is COc1ccc([C@H]2CC(=O)c3cn4nc(-c5ccc(Cl)cc5)nc4nc3C2)c(OC)c1. The molecular formula is C23H19ClN4O3. The molecule has 2 aromatic heterocycles. The van der Waals surface area contributed by atoms with Crippen LogP contribution in [0.1, 0.15) is 34.0 Å². The molecule has 156 valence electrons. The average molecular weight is 435 g/mol. The lowest BCUT2D eigenvalue weighted by Crippen LogP contribution is -2.21. The van der Waals surface area contributed by atoms with Crippen LogP contribution in [0.25, 0.3) is 17.2 Å². The quantitative estimate of drug-likeness (QED) is 0.474. The first-order valence-corrected chi connectivity index (χ1v) is 10.2. The number of halogens is 1. The average Bonchev–Trinajstić information content (AvgIpc) is 3.20. The summed E-state index contributed by atoms with van der Waals surface area (Å²) in [5, 5.41) is 5.14. The summed E-state index contributed by atoms with van der Waals surface area (Å²) in [6.07, 6.45) is 2.72. The first kappa shape index (κ1) is 19.5. The van der Waals surface area contributed by atoms with Crippen LogP contribution in [0.15, 0.2) is 48.7 Å². The first-order chi connectivity index (χ1) is 15.1. The molecule has 0 aliphatic heterocycles. The zero-order valence-electron chi connectivity index (χ0n) is 17.0. The number of nitrogens with zero attached hydrogens (tertiary/aromatic N) is 4. The van der Waals surface area contributed by atoms with E-state index >= 15 is 0 Å². The third-order valence-corrected chi connectivity index (χ3v) is 5.82. The normalized spacial score (nSPS) is 15.7. The van der Waals surface area contributed by atoms with Gasteiger partial charge in [-0.05, 0) is 42.3 Å². The number of carbonyl (C=O) groups excluding carboxylic acids is 1. The summed E-state index contributed by atoms with van der Waals surface area (Å²) in [7, 11) is 3.23. The van der Waals surface area contributed by atoms with Crippen LogP contribution in [-0.4, -0.2) is 39.6 Å². The van der Waals surface area contributed by atoms with Crippen molar-refractivity contribution in [2.24, 2.45) is 0 Å². The largest absolute Gasteiger partial charge is 0.497 e. The molecule has 1 aliphatic rings. The summed E-state index contributed by atoms with van der Waals surface area (Å²) in [5.41, 5.74) is 3.11. The Kier molecular flexibility index (Phi) is 4.82. The second-order valence-corrected chi connectivity index (χ2v) is 7.86. The molecule has 1 atom stereocenters. The maximum Gasteiger partial charge on any atom is 0.252 e. The number of hydrogen-bond acceptors (Lipinski definition) is 6. The van der Waals surface area contributed by atoms with Gasteiger partial charge in [0.1, 0.15) is 11.5 Å². The molecular weight excluding hydrogens is 416 g/mol. The molecule has 8 heteroatoms. The van der Waals surface area contributed by atoms with Crippen LogP contribution in [0, 0.1) is 0 Å². The van der Waals surface area contributed by atoms with E-state index in [4.69, 9.17) is 21.1 Å². The van der Waals surface area contributed by atoms with E-state index in [1.165, 1.54) is 0 Å². The van der Waals surface area contributed by atoms with Gasteiger partial charge in [0.05, 0.1) is 25.5 Å². The molecule has 4 aromatic rings. The van der Waals surface area contributed by atoms with E-state index in [2.05, 4.69) is 15.1 Å². The standard InChI is InChI=1S/C23H19ClN4O3/c1-30-16-7-8-17(21(11-16)31-2)14-9-19-18(20(29)10-14)12-28-23(25-19)26-22(27-28)13-3-5-15(24)6-4-13/h3-8,11-12,14H,9-10H2,1-2H3/t14-/m1/s1. The van der Waals surface area contributed by atoms with Gasteiger partial charge in [-0.25, -0.2) is 9.50 Å². The van der Waals surface area contributed by atoms with Crippen molar-refractivity contribution in [3.63, 3.8) is 0 Å². The van der Waals surface area contributed by atoms with Crippen molar-refractivity contribution in [1.29, 1.82) is 0 Å². The highest BCUT2D eigenvalue weighted by Crippen LogP contribution is 2.38. The van der Waals surface area contributed by atoms with Gasteiger partial charge in [0.2, 0.25) is 0 Å². The molecule has 31 heavy (non-hydrogen) atoms. The Bertz CT molecular complexity index is 1300. The summed E-state index contributed by atoms with van der Waals surface area (Å²) in [4.78, 5) is 22.2. The number of ether oxygens (including phenoxy) is 2. The van der Waals surface area contributed by atoms with E-state index in [1.54, 1.807) is 37.1 Å². The Morgan fingerprint density at radius 2 is 1.84 bits per heavy atom. The summed E-state index contributed by atoms with van der Waals surface area (Å²) in [6, 6.07) is 13.0. The van der Waals surface area contributed by atoms with Gasteiger partial charge in [-0.2, -0.15) is 4.98 Å². The van der Waals surface area contributed by atoms with Gasteiger partial charge >= 0.3 is 0 Å². The van der Waals surface area contributed by atoms with Gasteiger partial charge in [0.15, 0.2) is 11.6 Å². The smallest absolute Gasteiger partial charge is 0.252 e. The predicted octanol–water partition coefficient (Wildman–Crippen LogP) is 4.37. The number of ketones is 1. The Morgan fingerprint density at radius 1 is 1.03 bits per heavy atom. The second-order valence-electron chi connectivity index (χ2n) is 7.42. The lowest BCUT2D eigenvalue weighted by atomic mass is 9.82. The number of benzene rings is 2. The van der Waals surface area contributed by atoms with Gasteiger partial charge in [0, 0.05) is 35.2 Å². The van der Waals surface area contributed by atoms with Crippen molar-refractivity contribution in [2.75, 3.05) is 14.2 Å². The Morgan fingerprint density at radius 3 is 2.58 bits per heavy atom. The molecule has 0 saturated carbocycles.